The Kier molecular flexibility index (Phi) is 2.10. The molecule has 0 radical (unpaired) electrons. The molecule has 1 nitrogen and oxygen atoms in total. The van der Waals surface area contributed by atoms with Crippen LogP contribution in [-0.4, -0.2) is 0 Å². The smallest absolute Gasteiger partial charge is 0.0992 e. The number of nitrogens with zero attached hydrogens (tertiary/aromatic N) is 1. The Hall–Kier alpha value is -0.850. The lowest BCUT2D eigenvalue weighted by Crippen LogP contribution is -1.75. The van der Waals surface area contributed by atoms with Crippen LogP contribution in [0.4, 0.5) is 0 Å². The molecular weight excluding hydrogens is 246 g/mol. The Balaban J connectivity index is 2.90. The zero-order valence-electron chi connectivity index (χ0n) is 6.97. The number of benzene rings is 1. The van der Waals surface area contributed by atoms with Gasteiger partial charge in [0.05, 0.1) is 11.6 Å². The SMILES string of the molecule is Cc1csc2c(Br)cc(C#N)cc12. The Labute approximate surface area is 88.7 Å². The maximum absolute atomic E-state index is 8.78. The molecule has 1 aromatic heterocycles. The highest BCUT2D eigenvalue weighted by Gasteiger charge is 2.05. The molecule has 0 amide bonds. The number of halogens is 1. The van der Waals surface area contributed by atoms with E-state index in [0.717, 1.165) is 4.47 Å². The van der Waals surface area contributed by atoms with E-state index in [4.69, 9.17) is 5.26 Å². The molecule has 0 fully saturated rings. The highest BCUT2D eigenvalue weighted by Crippen LogP contribution is 2.32. The minimum Gasteiger partial charge on any atom is -0.192 e. The molecule has 0 spiro atoms. The van der Waals surface area contributed by atoms with E-state index >= 15 is 0 Å². The quantitative estimate of drug-likeness (QED) is 0.698. The van der Waals surface area contributed by atoms with Gasteiger partial charge >= 0.3 is 0 Å². The molecule has 0 atom stereocenters. The molecular formula is C10H6BrNS. The van der Waals surface area contributed by atoms with E-state index in [2.05, 4.69) is 34.3 Å². The summed E-state index contributed by atoms with van der Waals surface area (Å²) in [5.41, 5.74) is 1.94. The molecule has 3 heteroatoms. The van der Waals surface area contributed by atoms with Crippen LogP contribution < -0.4 is 0 Å². The number of hydrogen-bond donors (Lipinski definition) is 0. The van der Waals surface area contributed by atoms with Crippen molar-refractivity contribution in [2.75, 3.05) is 0 Å². The van der Waals surface area contributed by atoms with Gasteiger partial charge in [-0.2, -0.15) is 5.26 Å². The lowest BCUT2D eigenvalue weighted by molar-refractivity contribution is 1.49. The summed E-state index contributed by atoms with van der Waals surface area (Å²) in [5, 5.41) is 12.1. The molecule has 13 heavy (non-hydrogen) atoms. The van der Waals surface area contributed by atoms with Crippen LogP contribution in [0, 0.1) is 18.3 Å². The first-order valence-electron chi connectivity index (χ1n) is 3.80. The summed E-state index contributed by atoms with van der Waals surface area (Å²) in [6, 6.07) is 5.95. The Morgan fingerprint density at radius 1 is 1.46 bits per heavy atom. The summed E-state index contributed by atoms with van der Waals surface area (Å²) in [4.78, 5) is 0. The summed E-state index contributed by atoms with van der Waals surface area (Å²) < 4.78 is 2.23. The van der Waals surface area contributed by atoms with Crippen molar-refractivity contribution in [3.8, 4) is 6.07 Å². The van der Waals surface area contributed by atoms with Crippen molar-refractivity contribution < 1.29 is 0 Å². The van der Waals surface area contributed by atoms with Gasteiger partial charge in [-0.3, -0.25) is 0 Å². The predicted octanol–water partition coefficient (Wildman–Crippen LogP) is 3.84. The third kappa shape index (κ3) is 1.37. The predicted molar refractivity (Wildman–Crippen MR) is 59.0 cm³/mol. The molecule has 1 aromatic carbocycles. The molecule has 2 rings (SSSR count). The zero-order chi connectivity index (χ0) is 9.42. The molecule has 0 N–H and O–H groups in total. The Morgan fingerprint density at radius 2 is 2.23 bits per heavy atom. The van der Waals surface area contributed by atoms with Crippen molar-refractivity contribution in [3.05, 3.63) is 33.1 Å². The minimum absolute atomic E-state index is 0.709. The highest BCUT2D eigenvalue weighted by molar-refractivity contribution is 9.10. The van der Waals surface area contributed by atoms with Crippen molar-refractivity contribution in [2.45, 2.75) is 6.92 Å². The average molecular weight is 252 g/mol. The maximum Gasteiger partial charge on any atom is 0.0992 e. The van der Waals surface area contributed by atoms with Crippen LogP contribution in [0.1, 0.15) is 11.1 Å². The van der Waals surface area contributed by atoms with Crippen molar-refractivity contribution in [3.63, 3.8) is 0 Å². The van der Waals surface area contributed by atoms with E-state index in [0.29, 0.717) is 5.56 Å². The molecule has 0 saturated heterocycles. The van der Waals surface area contributed by atoms with Gasteiger partial charge in [0.1, 0.15) is 0 Å². The third-order valence-corrected chi connectivity index (χ3v) is 3.99. The van der Waals surface area contributed by atoms with Gasteiger partial charge < -0.3 is 0 Å². The van der Waals surface area contributed by atoms with Crippen LogP contribution in [0.2, 0.25) is 0 Å². The topological polar surface area (TPSA) is 23.8 Å². The molecule has 2 aromatic rings. The second kappa shape index (κ2) is 3.13. The van der Waals surface area contributed by atoms with Crippen molar-refractivity contribution in [1.29, 1.82) is 5.26 Å². The largest absolute Gasteiger partial charge is 0.192 e. The summed E-state index contributed by atoms with van der Waals surface area (Å²) >= 11 is 5.16. The number of thiophene rings is 1. The number of hydrogen-bond acceptors (Lipinski definition) is 2. The fraction of sp³-hybridized carbons (Fsp3) is 0.100. The summed E-state index contributed by atoms with van der Waals surface area (Å²) in [5.74, 6) is 0. The van der Waals surface area contributed by atoms with Crippen molar-refractivity contribution in [2.24, 2.45) is 0 Å². The second-order valence-electron chi connectivity index (χ2n) is 2.87. The number of rotatable bonds is 0. The molecule has 0 aliphatic heterocycles. The fourth-order valence-electron chi connectivity index (χ4n) is 1.28. The monoisotopic (exact) mass is 251 g/mol. The number of fused-ring (bicyclic) bond motifs is 1. The third-order valence-electron chi connectivity index (χ3n) is 1.95. The fourth-order valence-corrected chi connectivity index (χ4v) is 2.96. The van der Waals surface area contributed by atoms with Gasteiger partial charge in [0.2, 0.25) is 0 Å². The molecule has 0 unspecified atom stereocenters. The zero-order valence-corrected chi connectivity index (χ0v) is 9.37. The van der Waals surface area contributed by atoms with Crippen molar-refractivity contribution >= 4 is 37.4 Å². The van der Waals surface area contributed by atoms with Gasteiger partial charge in [0.15, 0.2) is 0 Å². The van der Waals surface area contributed by atoms with Crippen LogP contribution in [0.15, 0.2) is 22.0 Å². The first-order valence-corrected chi connectivity index (χ1v) is 5.47. The van der Waals surface area contributed by atoms with E-state index in [1.807, 2.05) is 12.1 Å². The van der Waals surface area contributed by atoms with Gasteiger partial charge in [-0.25, -0.2) is 0 Å². The van der Waals surface area contributed by atoms with Gasteiger partial charge in [0, 0.05) is 9.17 Å². The Bertz CT molecular complexity index is 507. The Morgan fingerprint density at radius 3 is 2.92 bits per heavy atom. The van der Waals surface area contributed by atoms with Gasteiger partial charge in [0.25, 0.3) is 0 Å². The van der Waals surface area contributed by atoms with Gasteiger partial charge in [-0.1, -0.05) is 0 Å². The second-order valence-corrected chi connectivity index (χ2v) is 4.60. The van der Waals surface area contributed by atoms with Crippen LogP contribution in [0.3, 0.4) is 0 Å². The normalized spacial score (nSPS) is 10.2. The average Bonchev–Trinajstić information content (AvgIpc) is 2.48. The first-order chi connectivity index (χ1) is 6.22. The summed E-state index contributed by atoms with van der Waals surface area (Å²) in [7, 11) is 0. The van der Waals surface area contributed by atoms with Crippen molar-refractivity contribution in [1.82, 2.24) is 0 Å². The van der Waals surface area contributed by atoms with E-state index in [1.54, 1.807) is 11.3 Å². The molecule has 0 aliphatic rings. The molecule has 0 saturated carbocycles. The standard InChI is InChI=1S/C10H6BrNS/c1-6-5-13-10-8(6)2-7(4-12)3-9(10)11/h2-3,5H,1H3. The molecule has 1 heterocycles. The van der Waals surface area contributed by atoms with E-state index in [9.17, 15) is 0 Å². The van der Waals surface area contributed by atoms with Crippen LogP contribution in [-0.2, 0) is 0 Å². The highest BCUT2D eigenvalue weighted by atomic mass is 79.9. The molecule has 64 valence electrons. The molecule has 0 aliphatic carbocycles. The lowest BCUT2D eigenvalue weighted by Gasteiger charge is -1.96. The van der Waals surface area contributed by atoms with E-state index < -0.39 is 0 Å². The first kappa shape index (κ1) is 8.74. The van der Waals surface area contributed by atoms with E-state index in [-0.39, 0.29) is 0 Å². The van der Waals surface area contributed by atoms with Gasteiger partial charge in [-0.15, -0.1) is 11.3 Å². The van der Waals surface area contributed by atoms with Crippen LogP contribution >= 0.6 is 27.3 Å². The van der Waals surface area contributed by atoms with Gasteiger partial charge in [-0.05, 0) is 51.3 Å². The number of aryl methyl sites for hydroxylation is 1. The summed E-state index contributed by atoms with van der Waals surface area (Å²) in [6.07, 6.45) is 0. The maximum atomic E-state index is 8.78. The lowest BCUT2D eigenvalue weighted by atomic mass is 10.1. The van der Waals surface area contributed by atoms with Crippen LogP contribution in [0.25, 0.3) is 10.1 Å². The minimum atomic E-state index is 0.709. The van der Waals surface area contributed by atoms with Crippen LogP contribution in [0.5, 0.6) is 0 Å². The molecule has 0 bridgehead atoms. The van der Waals surface area contributed by atoms with E-state index in [1.165, 1.54) is 15.6 Å². The summed E-state index contributed by atoms with van der Waals surface area (Å²) in [6.45, 7) is 2.06. The number of nitriles is 1.